The van der Waals surface area contributed by atoms with Gasteiger partial charge in [-0.25, -0.2) is 4.79 Å². The van der Waals surface area contributed by atoms with Gasteiger partial charge in [-0.15, -0.1) is 0 Å². The van der Waals surface area contributed by atoms with E-state index in [4.69, 9.17) is 0 Å². The van der Waals surface area contributed by atoms with Gasteiger partial charge < -0.3 is 15.5 Å². The third-order valence-corrected chi connectivity index (χ3v) is 5.52. The molecule has 1 aliphatic heterocycles. The largest absolute Gasteiger partial charge is 0.337 e. The molecule has 5 heteroatoms. The Labute approximate surface area is 142 Å². The SMILES string of the molecule is C[C@@H](C1CC1)N(C(=O)NC[C@@H]1CC(=O)Nc2ccccc21)C1CC1. The summed E-state index contributed by atoms with van der Waals surface area (Å²) in [5.41, 5.74) is 1.99. The first-order chi connectivity index (χ1) is 11.6. The zero-order valence-electron chi connectivity index (χ0n) is 14.1. The van der Waals surface area contributed by atoms with Crippen LogP contribution in [0, 0.1) is 5.92 Å². The van der Waals surface area contributed by atoms with Gasteiger partial charge in [-0.2, -0.15) is 0 Å². The molecule has 0 spiro atoms. The molecule has 2 N–H and O–H groups in total. The summed E-state index contributed by atoms with van der Waals surface area (Å²) in [6.07, 6.45) is 5.17. The van der Waals surface area contributed by atoms with E-state index in [0.717, 1.165) is 24.1 Å². The number of anilines is 1. The van der Waals surface area contributed by atoms with Crippen molar-refractivity contribution in [1.82, 2.24) is 10.2 Å². The predicted molar refractivity (Wildman–Crippen MR) is 92.9 cm³/mol. The molecule has 2 atom stereocenters. The molecule has 0 radical (unpaired) electrons. The smallest absolute Gasteiger partial charge is 0.317 e. The highest BCUT2D eigenvalue weighted by Crippen LogP contribution is 2.39. The minimum atomic E-state index is 0.0262. The first kappa shape index (κ1) is 15.5. The summed E-state index contributed by atoms with van der Waals surface area (Å²) in [5, 5.41) is 6.01. The first-order valence-electron chi connectivity index (χ1n) is 9.08. The van der Waals surface area contributed by atoms with Crippen LogP contribution in [-0.4, -0.2) is 35.5 Å². The molecule has 0 aromatic heterocycles. The van der Waals surface area contributed by atoms with Gasteiger partial charge in [0.2, 0.25) is 5.91 Å². The Kier molecular flexibility index (Phi) is 3.94. The Morgan fingerprint density at radius 3 is 2.75 bits per heavy atom. The lowest BCUT2D eigenvalue weighted by Gasteiger charge is -2.31. The van der Waals surface area contributed by atoms with Crippen LogP contribution in [0.3, 0.4) is 0 Å². The molecule has 2 saturated carbocycles. The molecule has 3 aliphatic rings. The lowest BCUT2D eigenvalue weighted by atomic mass is 9.90. The van der Waals surface area contributed by atoms with Crippen molar-refractivity contribution in [2.75, 3.05) is 11.9 Å². The van der Waals surface area contributed by atoms with Crippen LogP contribution in [-0.2, 0) is 4.79 Å². The Hall–Kier alpha value is -2.04. The van der Waals surface area contributed by atoms with E-state index in [2.05, 4.69) is 22.5 Å². The van der Waals surface area contributed by atoms with Crippen molar-refractivity contribution in [2.24, 2.45) is 5.92 Å². The number of amides is 3. The number of nitrogens with one attached hydrogen (secondary N) is 2. The number of benzene rings is 1. The Bertz CT molecular complexity index is 652. The maximum Gasteiger partial charge on any atom is 0.317 e. The molecule has 1 aromatic rings. The molecule has 1 aromatic carbocycles. The highest BCUT2D eigenvalue weighted by Gasteiger charge is 2.41. The summed E-state index contributed by atoms with van der Waals surface area (Å²) in [7, 11) is 0. The number of urea groups is 1. The number of fused-ring (bicyclic) bond motifs is 1. The maximum absolute atomic E-state index is 12.7. The molecule has 1 heterocycles. The van der Waals surface area contributed by atoms with E-state index in [9.17, 15) is 9.59 Å². The zero-order valence-corrected chi connectivity index (χ0v) is 14.1. The van der Waals surface area contributed by atoms with Crippen LogP contribution < -0.4 is 10.6 Å². The van der Waals surface area contributed by atoms with Crippen molar-refractivity contribution in [3.05, 3.63) is 29.8 Å². The van der Waals surface area contributed by atoms with Crippen molar-refractivity contribution in [2.45, 2.75) is 57.0 Å². The summed E-state index contributed by atoms with van der Waals surface area (Å²) in [5.74, 6) is 0.757. The van der Waals surface area contributed by atoms with Crippen molar-refractivity contribution < 1.29 is 9.59 Å². The molecular weight excluding hydrogens is 302 g/mol. The fourth-order valence-corrected chi connectivity index (χ4v) is 3.83. The minimum absolute atomic E-state index is 0.0262. The number of rotatable bonds is 5. The van der Waals surface area contributed by atoms with Crippen LogP contribution in [0.25, 0.3) is 0 Å². The van der Waals surface area contributed by atoms with E-state index in [0.29, 0.717) is 31.0 Å². The summed E-state index contributed by atoms with van der Waals surface area (Å²) in [6, 6.07) is 8.66. The first-order valence-corrected chi connectivity index (χ1v) is 9.08. The fraction of sp³-hybridized carbons (Fsp3) is 0.579. The molecule has 2 aliphatic carbocycles. The monoisotopic (exact) mass is 327 g/mol. The van der Waals surface area contributed by atoms with E-state index in [1.54, 1.807) is 0 Å². The number of hydrogen-bond acceptors (Lipinski definition) is 2. The zero-order chi connectivity index (χ0) is 16.7. The van der Waals surface area contributed by atoms with E-state index in [1.807, 2.05) is 24.3 Å². The van der Waals surface area contributed by atoms with Gasteiger partial charge in [0.1, 0.15) is 0 Å². The van der Waals surface area contributed by atoms with Crippen LogP contribution in [0.15, 0.2) is 24.3 Å². The van der Waals surface area contributed by atoms with Gasteiger partial charge in [0.05, 0.1) is 0 Å². The van der Waals surface area contributed by atoms with Gasteiger partial charge in [0.25, 0.3) is 0 Å². The molecule has 0 bridgehead atoms. The Morgan fingerprint density at radius 2 is 2.04 bits per heavy atom. The summed E-state index contributed by atoms with van der Waals surface area (Å²) >= 11 is 0. The van der Waals surface area contributed by atoms with Crippen molar-refractivity contribution >= 4 is 17.6 Å². The second kappa shape index (κ2) is 6.11. The molecule has 128 valence electrons. The van der Waals surface area contributed by atoms with E-state index >= 15 is 0 Å². The van der Waals surface area contributed by atoms with Crippen LogP contribution in [0.2, 0.25) is 0 Å². The minimum Gasteiger partial charge on any atom is -0.337 e. The summed E-state index contributed by atoms with van der Waals surface area (Å²) in [6.45, 7) is 2.70. The highest BCUT2D eigenvalue weighted by atomic mass is 16.2. The standard InChI is InChI=1S/C19H25N3O2/c1-12(13-6-7-13)22(15-8-9-15)19(24)20-11-14-10-18(23)21-17-5-3-2-4-16(14)17/h2-5,12-15H,6-11H2,1H3,(H,20,24)(H,21,23)/t12-,14-/m0/s1. The van der Waals surface area contributed by atoms with Crippen LogP contribution in [0.5, 0.6) is 0 Å². The van der Waals surface area contributed by atoms with Crippen LogP contribution >= 0.6 is 0 Å². The number of nitrogens with zero attached hydrogens (tertiary/aromatic N) is 1. The maximum atomic E-state index is 12.7. The van der Waals surface area contributed by atoms with Crippen LogP contribution in [0.4, 0.5) is 10.5 Å². The number of carbonyl (C=O) groups is 2. The van der Waals surface area contributed by atoms with Crippen molar-refractivity contribution in [1.29, 1.82) is 0 Å². The number of hydrogen-bond donors (Lipinski definition) is 2. The molecule has 4 rings (SSSR count). The molecule has 0 unspecified atom stereocenters. The fourth-order valence-electron chi connectivity index (χ4n) is 3.83. The average molecular weight is 327 g/mol. The predicted octanol–water partition coefficient (Wildman–Crippen LogP) is 3.08. The van der Waals surface area contributed by atoms with E-state index in [-0.39, 0.29) is 17.9 Å². The quantitative estimate of drug-likeness (QED) is 0.873. The normalized spacial score (nSPS) is 23.9. The van der Waals surface area contributed by atoms with Crippen molar-refractivity contribution in [3.8, 4) is 0 Å². The van der Waals surface area contributed by atoms with Crippen LogP contribution in [0.1, 0.15) is 50.5 Å². The van der Waals surface area contributed by atoms with Gasteiger partial charge in [0, 0.05) is 36.7 Å². The number of para-hydroxylation sites is 1. The molecule has 0 saturated heterocycles. The average Bonchev–Trinajstić information content (AvgIpc) is 3.45. The summed E-state index contributed by atoms with van der Waals surface area (Å²) in [4.78, 5) is 26.7. The molecule has 3 amide bonds. The number of carbonyl (C=O) groups excluding carboxylic acids is 2. The lowest BCUT2D eigenvalue weighted by Crippen LogP contribution is -2.48. The molecular formula is C19H25N3O2. The van der Waals surface area contributed by atoms with Gasteiger partial charge in [-0.05, 0) is 50.2 Å². The third-order valence-electron chi connectivity index (χ3n) is 5.52. The lowest BCUT2D eigenvalue weighted by molar-refractivity contribution is -0.116. The topological polar surface area (TPSA) is 61.4 Å². The summed E-state index contributed by atoms with van der Waals surface area (Å²) < 4.78 is 0. The molecule has 2 fully saturated rings. The molecule has 5 nitrogen and oxygen atoms in total. The van der Waals surface area contributed by atoms with E-state index in [1.165, 1.54) is 12.8 Å². The van der Waals surface area contributed by atoms with Gasteiger partial charge in [0.15, 0.2) is 0 Å². The third kappa shape index (κ3) is 3.12. The van der Waals surface area contributed by atoms with Gasteiger partial charge >= 0.3 is 6.03 Å². The van der Waals surface area contributed by atoms with Gasteiger partial charge in [-0.1, -0.05) is 18.2 Å². The Balaban J connectivity index is 1.42. The highest BCUT2D eigenvalue weighted by molar-refractivity contribution is 5.94. The van der Waals surface area contributed by atoms with Gasteiger partial charge in [-0.3, -0.25) is 4.79 Å². The van der Waals surface area contributed by atoms with Crippen molar-refractivity contribution in [3.63, 3.8) is 0 Å². The second-order valence-electron chi connectivity index (χ2n) is 7.44. The molecule has 24 heavy (non-hydrogen) atoms. The van der Waals surface area contributed by atoms with E-state index < -0.39 is 0 Å². The Morgan fingerprint density at radius 1 is 1.29 bits per heavy atom. The second-order valence-corrected chi connectivity index (χ2v) is 7.44.